The number of rotatable bonds is 1. The van der Waals surface area contributed by atoms with Gasteiger partial charge < -0.3 is 5.73 Å². The van der Waals surface area contributed by atoms with Gasteiger partial charge in [-0.25, -0.2) is 4.98 Å². The van der Waals surface area contributed by atoms with E-state index in [1.807, 2.05) is 0 Å². The Morgan fingerprint density at radius 1 is 1.19 bits per heavy atom. The zero-order valence-corrected chi connectivity index (χ0v) is 12.0. The summed E-state index contributed by atoms with van der Waals surface area (Å²) in [6, 6.07) is 6.68. The second-order valence-electron chi connectivity index (χ2n) is 5.29. The van der Waals surface area contributed by atoms with Crippen LogP contribution < -0.4 is 5.73 Å². The van der Waals surface area contributed by atoms with Crippen LogP contribution in [0.1, 0.15) is 50.2 Å². The van der Waals surface area contributed by atoms with E-state index in [0.29, 0.717) is 16.3 Å². The van der Waals surface area contributed by atoms with Gasteiger partial charge in [-0.1, -0.05) is 12.1 Å². The first-order valence-electron chi connectivity index (χ1n) is 6.89. The normalized spacial score (nSPS) is 20.6. The molecule has 2 N–H and O–H groups in total. The quantitative estimate of drug-likeness (QED) is 0.820. The summed E-state index contributed by atoms with van der Waals surface area (Å²) < 4.78 is 0. The number of anilines is 1. The fourth-order valence-corrected chi connectivity index (χ4v) is 4.09. The Hall–Kier alpha value is -2.21. The molecule has 2 amide bonds. The lowest BCUT2D eigenvalue weighted by atomic mass is 9.96. The third kappa shape index (κ3) is 1.72. The van der Waals surface area contributed by atoms with Crippen LogP contribution in [-0.2, 0) is 6.42 Å². The second-order valence-corrected chi connectivity index (χ2v) is 6.41. The van der Waals surface area contributed by atoms with Gasteiger partial charge in [-0.05, 0) is 31.4 Å². The third-order valence-corrected chi connectivity index (χ3v) is 5.04. The molecule has 1 unspecified atom stereocenters. The largest absolute Gasteiger partial charge is 0.375 e. The number of nitrogens with two attached hydrogens (primary N) is 1. The van der Waals surface area contributed by atoms with E-state index in [-0.39, 0.29) is 17.9 Å². The van der Waals surface area contributed by atoms with Crippen molar-refractivity contribution in [3.05, 3.63) is 46.0 Å². The highest BCUT2D eigenvalue weighted by atomic mass is 32.1. The number of amides is 2. The number of aryl methyl sites for hydroxylation is 1. The minimum atomic E-state index is -0.283. The number of carbonyl (C=O) groups excluding carboxylic acids is 2. The molecule has 6 heteroatoms. The average Bonchev–Trinajstić information content (AvgIpc) is 2.98. The van der Waals surface area contributed by atoms with Crippen molar-refractivity contribution in [2.45, 2.75) is 25.3 Å². The van der Waals surface area contributed by atoms with E-state index < -0.39 is 0 Å². The molecule has 2 aliphatic rings. The highest BCUT2D eigenvalue weighted by molar-refractivity contribution is 7.15. The summed E-state index contributed by atoms with van der Waals surface area (Å²) >= 11 is 1.46. The van der Waals surface area contributed by atoms with E-state index >= 15 is 0 Å². The number of imide groups is 1. The van der Waals surface area contributed by atoms with Crippen LogP contribution in [0, 0.1) is 0 Å². The molecular formula is C15H13N3O2S. The molecule has 0 radical (unpaired) electrons. The summed E-state index contributed by atoms with van der Waals surface area (Å²) in [5.74, 6) is -0.444. The van der Waals surface area contributed by atoms with Gasteiger partial charge in [-0.15, -0.1) is 11.3 Å². The molecule has 21 heavy (non-hydrogen) atoms. The molecule has 0 saturated carbocycles. The lowest BCUT2D eigenvalue weighted by molar-refractivity contribution is 0.0563. The fourth-order valence-electron chi connectivity index (χ4n) is 3.16. The number of nitrogens with zero attached hydrogens (tertiary/aromatic N) is 2. The number of hydrogen-bond acceptors (Lipinski definition) is 5. The zero-order valence-electron chi connectivity index (χ0n) is 11.2. The number of carbonyl (C=O) groups is 2. The summed E-state index contributed by atoms with van der Waals surface area (Å²) in [6.45, 7) is 0. The molecule has 1 aromatic heterocycles. The minimum Gasteiger partial charge on any atom is -0.375 e. The van der Waals surface area contributed by atoms with Crippen LogP contribution in [0.4, 0.5) is 5.13 Å². The molecule has 0 spiro atoms. The molecule has 5 nitrogen and oxygen atoms in total. The van der Waals surface area contributed by atoms with Crippen LogP contribution in [-0.4, -0.2) is 21.7 Å². The van der Waals surface area contributed by atoms with Crippen molar-refractivity contribution in [1.29, 1.82) is 0 Å². The molecule has 2 heterocycles. The van der Waals surface area contributed by atoms with E-state index in [1.54, 1.807) is 24.3 Å². The van der Waals surface area contributed by atoms with Gasteiger partial charge in [-0.2, -0.15) is 0 Å². The maximum atomic E-state index is 12.6. The van der Waals surface area contributed by atoms with Crippen LogP contribution in [0.2, 0.25) is 0 Å². The Morgan fingerprint density at radius 3 is 2.52 bits per heavy atom. The summed E-state index contributed by atoms with van der Waals surface area (Å²) in [5, 5.41) is 0.503. The zero-order chi connectivity index (χ0) is 14.6. The number of hydrogen-bond donors (Lipinski definition) is 1. The van der Waals surface area contributed by atoms with Crippen molar-refractivity contribution in [2.24, 2.45) is 0 Å². The first-order chi connectivity index (χ1) is 10.2. The topological polar surface area (TPSA) is 76.3 Å². The molecule has 1 aromatic carbocycles. The molecule has 1 atom stereocenters. The number of thiazole rings is 1. The van der Waals surface area contributed by atoms with Crippen LogP contribution in [0.5, 0.6) is 0 Å². The molecule has 2 aromatic rings. The van der Waals surface area contributed by atoms with Gasteiger partial charge >= 0.3 is 0 Å². The maximum absolute atomic E-state index is 12.6. The third-order valence-electron chi connectivity index (χ3n) is 4.08. The molecular weight excluding hydrogens is 286 g/mol. The van der Waals surface area contributed by atoms with Crippen LogP contribution in [0.3, 0.4) is 0 Å². The molecule has 0 saturated heterocycles. The standard InChI is InChI=1S/C15H13N3O2S/c16-15-17-12-10(6-3-7-11(12)21-15)18-13(19)8-4-1-2-5-9(8)14(18)20/h1-2,4-5,10H,3,6-7H2,(H2,16,17). The summed E-state index contributed by atoms with van der Waals surface area (Å²) in [6.07, 6.45) is 2.61. The summed E-state index contributed by atoms with van der Waals surface area (Å²) in [7, 11) is 0. The average molecular weight is 299 g/mol. The van der Waals surface area contributed by atoms with Crippen molar-refractivity contribution >= 4 is 28.3 Å². The minimum absolute atomic E-state index is 0.222. The van der Waals surface area contributed by atoms with Gasteiger partial charge in [0.1, 0.15) is 0 Å². The predicted octanol–water partition coefficient (Wildman–Crippen LogP) is 2.40. The van der Waals surface area contributed by atoms with Crippen molar-refractivity contribution in [3.63, 3.8) is 0 Å². The Bertz CT molecular complexity index is 733. The number of nitrogen functional groups attached to an aromatic ring is 1. The van der Waals surface area contributed by atoms with Crippen LogP contribution >= 0.6 is 11.3 Å². The van der Waals surface area contributed by atoms with E-state index in [9.17, 15) is 9.59 Å². The Labute approximate surface area is 125 Å². The molecule has 0 fully saturated rings. The van der Waals surface area contributed by atoms with E-state index in [2.05, 4.69) is 4.98 Å². The van der Waals surface area contributed by atoms with E-state index in [0.717, 1.165) is 29.8 Å². The highest BCUT2D eigenvalue weighted by Crippen LogP contribution is 2.40. The molecule has 0 bridgehead atoms. The van der Waals surface area contributed by atoms with Crippen LogP contribution in [0.25, 0.3) is 0 Å². The van der Waals surface area contributed by atoms with Gasteiger partial charge in [0.2, 0.25) is 0 Å². The first kappa shape index (κ1) is 12.5. The van der Waals surface area contributed by atoms with Gasteiger partial charge in [0.15, 0.2) is 5.13 Å². The maximum Gasteiger partial charge on any atom is 0.262 e. The highest BCUT2D eigenvalue weighted by Gasteiger charge is 2.42. The van der Waals surface area contributed by atoms with Gasteiger partial charge in [0.05, 0.1) is 22.9 Å². The van der Waals surface area contributed by atoms with Gasteiger partial charge in [0, 0.05) is 4.88 Å². The monoisotopic (exact) mass is 299 g/mol. The fraction of sp³-hybridized carbons (Fsp3) is 0.267. The summed E-state index contributed by atoms with van der Waals surface area (Å²) in [4.78, 5) is 32.0. The van der Waals surface area contributed by atoms with Gasteiger partial charge in [0.25, 0.3) is 11.8 Å². The Balaban J connectivity index is 1.80. The van der Waals surface area contributed by atoms with E-state index in [1.165, 1.54) is 16.2 Å². The van der Waals surface area contributed by atoms with Crippen molar-refractivity contribution in [3.8, 4) is 0 Å². The lowest BCUT2D eigenvalue weighted by Crippen LogP contribution is -2.36. The van der Waals surface area contributed by atoms with Crippen molar-refractivity contribution in [1.82, 2.24) is 9.88 Å². The molecule has 1 aliphatic carbocycles. The summed E-state index contributed by atoms with van der Waals surface area (Å²) in [5.41, 5.74) is 7.56. The van der Waals surface area contributed by atoms with Crippen LogP contribution in [0.15, 0.2) is 24.3 Å². The number of benzene rings is 1. The van der Waals surface area contributed by atoms with Gasteiger partial charge in [-0.3, -0.25) is 14.5 Å². The van der Waals surface area contributed by atoms with Crippen molar-refractivity contribution in [2.75, 3.05) is 5.73 Å². The molecule has 106 valence electrons. The second kappa shape index (κ2) is 4.39. The molecule has 4 rings (SSSR count). The Morgan fingerprint density at radius 2 is 1.86 bits per heavy atom. The SMILES string of the molecule is Nc1nc2c(s1)CCCC2N1C(=O)c2ccccc2C1=O. The number of fused-ring (bicyclic) bond motifs is 2. The molecule has 1 aliphatic heterocycles. The van der Waals surface area contributed by atoms with E-state index in [4.69, 9.17) is 5.73 Å². The smallest absolute Gasteiger partial charge is 0.262 e. The van der Waals surface area contributed by atoms with Crippen molar-refractivity contribution < 1.29 is 9.59 Å². The number of aromatic nitrogens is 1. The Kier molecular flexibility index (Phi) is 2.62. The predicted molar refractivity (Wildman–Crippen MR) is 79.1 cm³/mol. The lowest BCUT2D eigenvalue weighted by Gasteiger charge is -2.28. The first-order valence-corrected chi connectivity index (χ1v) is 7.70.